The van der Waals surface area contributed by atoms with Crippen LogP contribution in [0.25, 0.3) is 0 Å². The fourth-order valence-electron chi connectivity index (χ4n) is 3.71. The maximum absolute atomic E-state index is 13.1. The van der Waals surface area contributed by atoms with Crippen LogP contribution in [0.1, 0.15) is 93.0 Å². The minimum Gasteiger partial charge on any atom is -0.289 e. The van der Waals surface area contributed by atoms with E-state index in [4.69, 9.17) is 0 Å². The van der Waals surface area contributed by atoms with E-state index >= 15 is 0 Å². The van der Waals surface area contributed by atoms with Crippen LogP contribution in [0.15, 0.2) is 53.6 Å². The molecule has 2 rings (SSSR count). The van der Waals surface area contributed by atoms with E-state index in [9.17, 15) is 9.59 Å². The van der Waals surface area contributed by atoms with Crippen molar-refractivity contribution in [3.63, 3.8) is 0 Å². The summed E-state index contributed by atoms with van der Waals surface area (Å²) in [7, 11) is 0. The number of allylic oxidation sites excluding steroid dienone is 5. The predicted octanol–water partition coefficient (Wildman–Crippen LogP) is 7.30. The Morgan fingerprint density at radius 1 is 0.966 bits per heavy atom. The Kier molecular flexibility index (Phi) is 8.37. The van der Waals surface area contributed by atoms with E-state index in [-0.39, 0.29) is 11.6 Å². The van der Waals surface area contributed by atoms with Crippen molar-refractivity contribution in [2.45, 2.75) is 73.1 Å². The number of aryl methyl sites for hydroxylation is 1. The minimum absolute atomic E-state index is 0.0431. The molecule has 0 heterocycles. The van der Waals surface area contributed by atoms with Crippen LogP contribution in [0.5, 0.6) is 0 Å². The van der Waals surface area contributed by atoms with Gasteiger partial charge in [0.1, 0.15) is 0 Å². The van der Waals surface area contributed by atoms with Crippen LogP contribution in [0.3, 0.4) is 0 Å². The summed E-state index contributed by atoms with van der Waals surface area (Å²) in [6, 6.07) is 5.75. The third-order valence-electron chi connectivity index (χ3n) is 5.57. The molecule has 0 atom stereocenters. The lowest BCUT2D eigenvalue weighted by atomic mass is 9.83. The topological polar surface area (TPSA) is 34.1 Å². The molecule has 0 fully saturated rings. The third kappa shape index (κ3) is 6.39. The first kappa shape index (κ1) is 23.1. The highest BCUT2D eigenvalue weighted by Crippen LogP contribution is 2.29. The van der Waals surface area contributed by atoms with Crippen molar-refractivity contribution < 1.29 is 9.59 Å². The van der Waals surface area contributed by atoms with Gasteiger partial charge in [-0.1, -0.05) is 77.0 Å². The van der Waals surface area contributed by atoms with E-state index in [1.165, 1.54) is 6.42 Å². The van der Waals surface area contributed by atoms with Crippen LogP contribution in [0.2, 0.25) is 0 Å². The van der Waals surface area contributed by atoms with Gasteiger partial charge in [-0.15, -0.1) is 0 Å². The highest BCUT2D eigenvalue weighted by atomic mass is 16.1. The quantitative estimate of drug-likeness (QED) is 0.391. The summed E-state index contributed by atoms with van der Waals surface area (Å²) in [4.78, 5) is 25.9. The number of rotatable bonds is 10. The number of ketones is 2. The Morgan fingerprint density at radius 3 is 2.28 bits per heavy atom. The van der Waals surface area contributed by atoms with Gasteiger partial charge in [-0.05, 0) is 56.1 Å². The Morgan fingerprint density at radius 2 is 1.62 bits per heavy atom. The second-order valence-corrected chi connectivity index (χ2v) is 9.14. The molecule has 0 N–H and O–H groups in total. The molecule has 156 valence electrons. The van der Waals surface area contributed by atoms with Crippen molar-refractivity contribution >= 4 is 11.6 Å². The highest BCUT2D eigenvalue weighted by molar-refractivity contribution is 6.27. The summed E-state index contributed by atoms with van der Waals surface area (Å²) in [6.45, 7) is 14.7. The number of Topliss-reactive ketones (excluding diaryl/α,β-unsaturated/α-hetero) is 2. The number of hydrogen-bond acceptors (Lipinski definition) is 2. The molecule has 1 aromatic carbocycles. The number of carbonyl (C=O) groups is 2. The molecule has 1 aliphatic rings. The first-order valence-corrected chi connectivity index (χ1v) is 11.0. The Balaban J connectivity index is 2.16. The molecular weight excluding hydrogens is 356 g/mol. The summed E-state index contributed by atoms with van der Waals surface area (Å²) < 4.78 is 0. The van der Waals surface area contributed by atoms with Crippen LogP contribution in [0.4, 0.5) is 0 Å². The fourth-order valence-corrected chi connectivity index (χ4v) is 3.71. The Bertz CT molecular complexity index is 834. The molecule has 1 aliphatic carbocycles. The molecule has 2 heteroatoms. The van der Waals surface area contributed by atoms with Crippen molar-refractivity contribution in [3.8, 4) is 0 Å². The normalized spacial score (nSPS) is 14.4. The fraction of sp³-hybridized carbons (Fsp3) is 0.481. The molecule has 0 unspecified atom stereocenters. The Labute approximate surface area is 176 Å². The van der Waals surface area contributed by atoms with Gasteiger partial charge in [0.25, 0.3) is 0 Å². The molecule has 0 saturated heterocycles. The molecule has 0 saturated carbocycles. The van der Waals surface area contributed by atoms with Crippen LogP contribution >= 0.6 is 0 Å². The highest BCUT2D eigenvalue weighted by Gasteiger charge is 2.28. The zero-order chi connectivity index (χ0) is 21.6. The van der Waals surface area contributed by atoms with Crippen molar-refractivity contribution in [2.24, 2.45) is 11.8 Å². The second-order valence-electron chi connectivity index (χ2n) is 9.14. The smallest absolute Gasteiger partial charge is 0.194 e. The van der Waals surface area contributed by atoms with E-state index in [1.54, 1.807) is 13.0 Å². The van der Waals surface area contributed by atoms with Crippen LogP contribution in [-0.2, 0) is 6.42 Å². The molecule has 0 amide bonds. The minimum atomic E-state index is -0.0472. The van der Waals surface area contributed by atoms with E-state index < -0.39 is 0 Å². The summed E-state index contributed by atoms with van der Waals surface area (Å²) >= 11 is 0. The maximum atomic E-state index is 13.1. The van der Waals surface area contributed by atoms with Gasteiger partial charge < -0.3 is 0 Å². The summed E-state index contributed by atoms with van der Waals surface area (Å²) in [5, 5.41) is 0. The molecule has 0 spiro atoms. The maximum Gasteiger partial charge on any atom is 0.194 e. The van der Waals surface area contributed by atoms with Gasteiger partial charge in [-0.2, -0.15) is 0 Å². The summed E-state index contributed by atoms with van der Waals surface area (Å²) in [5.74, 6) is 1.26. The van der Waals surface area contributed by atoms with Crippen LogP contribution < -0.4 is 0 Å². The summed E-state index contributed by atoms with van der Waals surface area (Å²) in [6.07, 6.45) is 10.1. The lowest BCUT2D eigenvalue weighted by molar-refractivity contribution is 0.0977. The van der Waals surface area contributed by atoms with Gasteiger partial charge >= 0.3 is 0 Å². The predicted molar refractivity (Wildman–Crippen MR) is 123 cm³/mol. The van der Waals surface area contributed by atoms with Crippen molar-refractivity contribution in [1.82, 2.24) is 0 Å². The standard InChI is InChI=1S/C27H36O2/c1-18(2)9-7-11-20(5)13-15-23-21(6)26(28)24-16-14-22(12-8-10-19(3)4)17-25(24)27(23)29/h13-19H,5,7-12H2,1-4,6H3/b15-13-. The first-order chi connectivity index (χ1) is 13.7. The van der Waals surface area contributed by atoms with E-state index in [0.29, 0.717) is 34.1 Å². The van der Waals surface area contributed by atoms with Gasteiger partial charge in [0, 0.05) is 22.3 Å². The molecule has 0 aliphatic heterocycles. The number of benzene rings is 1. The average Bonchev–Trinajstić information content (AvgIpc) is 2.65. The number of fused-ring (bicyclic) bond motifs is 1. The van der Waals surface area contributed by atoms with Gasteiger partial charge in [0.05, 0.1) is 0 Å². The molecule has 0 aromatic heterocycles. The SMILES string of the molecule is C=C(/C=C\C1=C(C)C(=O)c2ccc(CCCC(C)C)cc2C1=O)CCCC(C)C. The van der Waals surface area contributed by atoms with Crippen molar-refractivity contribution in [3.05, 3.63) is 70.3 Å². The van der Waals surface area contributed by atoms with Crippen LogP contribution in [0, 0.1) is 11.8 Å². The van der Waals surface area contributed by atoms with E-state index in [0.717, 1.165) is 43.2 Å². The first-order valence-electron chi connectivity index (χ1n) is 11.0. The molecule has 1 aromatic rings. The van der Waals surface area contributed by atoms with E-state index in [1.807, 2.05) is 24.3 Å². The molecule has 0 radical (unpaired) electrons. The number of hydrogen-bond donors (Lipinski definition) is 0. The number of carbonyl (C=O) groups excluding carboxylic acids is 2. The Hall–Kier alpha value is -2.22. The monoisotopic (exact) mass is 392 g/mol. The summed E-state index contributed by atoms with van der Waals surface area (Å²) in [5.41, 5.74) is 4.25. The lowest BCUT2D eigenvalue weighted by Crippen LogP contribution is -2.20. The molecular formula is C27H36O2. The van der Waals surface area contributed by atoms with Gasteiger partial charge in [-0.25, -0.2) is 0 Å². The average molecular weight is 393 g/mol. The lowest BCUT2D eigenvalue weighted by Gasteiger charge is -2.18. The largest absolute Gasteiger partial charge is 0.289 e. The zero-order valence-corrected chi connectivity index (χ0v) is 18.8. The van der Waals surface area contributed by atoms with Gasteiger partial charge in [0.2, 0.25) is 0 Å². The third-order valence-corrected chi connectivity index (χ3v) is 5.57. The van der Waals surface area contributed by atoms with Gasteiger partial charge in [0.15, 0.2) is 11.6 Å². The van der Waals surface area contributed by atoms with E-state index in [2.05, 4.69) is 34.3 Å². The zero-order valence-electron chi connectivity index (χ0n) is 18.8. The second kappa shape index (κ2) is 10.5. The molecule has 2 nitrogen and oxygen atoms in total. The van der Waals surface area contributed by atoms with Crippen molar-refractivity contribution in [1.29, 1.82) is 0 Å². The molecule has 0 bridgehead atoms. The van der Waals surface area contributed by atoms with Gasteiger partial charge in [-0.3, -0.25) is 9.59 Å². The van der Waals surface area contributed by atoms with Crippen LogP contribution in [-0.4, -0.2) is 11.6 Å². The van der Waals surface area contributed by atoms with Crippen molar-refractivity contribution in [2.75, 3.05) is 0 Å². The molecule has 29 heavy (non-hydrogen) atoms.